The van der Waals surface area contributed by atoms with Gasteiger partial charge in [-0.3, -0.25) is 4.99 Å². The van der Waals surface area contributed by atoms with Crippen LogP contribution in [-0.4, -0.2) is 29.1 Å². The summed E-state index contributed by atoms with van der Waals surface area (Å²) in [6, 6.07) is 8.22. The first-order valence-corrected chi connectivity index (χ1v) is 9.13. The molecule has 1 aromatic heterocycles. The Balaban J connectivity index is 1.45. The van der Waals surface area contributed by atoms with E-state index in [-0.39, 0.29) is 0 Å². The van der Waals surface area contributed by atoms with Crippen LogP contribution in [0.15, 0.2) is 29.3 Å². The van der Waals surface area contributed by atoms with Crippen LogP contribution >= 0.6 is 0 Å². The van der Waals surface area contributed by atoms with Gasteiger partial charge in [0.2, 0.25) is 0 Å². The molecule has 1 aromatic carbocycles. The lowest BCUT2D eigenvalue weighted by molar-refractivity contribution is 0.481. The number of para-hydroxylation sites is 2. The molecule has 5 nitrogen and oxygen atoms in total. The summed E-state index contributed by atoms with van der Waals surface area (Å²) < 4.78 is 2.13. The van der Waals surface area contributed by atoms with Gasteiger partial charge in [0, 0.05) is 20.6 Å². The molecule has 2 N–H and O–H groups in total. The summed E-state index contributed by atoms with van der Waals surface area (Å²) >= 11 is 0. The summed E-state index contributed by atoms with van der Waals surface area (Å²) in [6.45, 7) is 1.66. The summed E-state index contributed by atoms with van der Waals surface area (Å²) in [5, 5.41) is 6.79. The van der Waals surface area contributed by atoms with E-state index in [9.17, 15) is 0 Å². The van der Waals surface area contributed by atoms with Crippen molar-refractivity contribution in [3.63, 3.8) is 0 Å². The van der Waals surface area contributed by atoms with E-state index >= 15 is 0 Å². The molecule has 24 heavy (non-hydrogen) atoms. The van der Waals surface area contributed by atoms with Crippen LogP contribution in [0.1, 0.15) is 44.3 Å². The molecule has 130 valence electrons. The second-order valence-electron chi connectivity index (χ2n) is 6.72. The number of hydrogen-bond donors (Lipinski definition) is 2. The molecular formula is C19H29N5. The molecule has 0 saturated heterocycles. The fourth-order valence-electron chi connectivity index (χ4n) is 3.63. The summed E-state index contributed by atoms with van der Waals surface area (Å²) in [6.07, 6.45) is 8.28. The van der Waals surface area contributed by atoms with Crippen LogP contribution in [0.4, 0.5) is 0 Å². The lowest BCUT2D eigenvalue weighted by Gasteiger charge is -2.13. The number of nitrogens with zero attached hydrogens (tertiary/aromatic N) is 3. The summed E-state index contributed by atoms with van der Waals surface area (Å²) in [5.74, 6) is 2.83. The lowest BCUT2D eigenvalue weighted by atomic mass is 10.0. The molecule has 1 fully saturated rings. The van der Waals surface area contributed by atoms with E-state index in [1.807, 2.05) is 19.2 Å². The van der Waals surface area contributed by atoms with Crippen LogP contribution < -0.4 is 10.6 Å². The van der Waals surface area contributed by atoms with Crippen LogP contribution in [0.2, 0.25) is 0 Å². The van der Waals surface area contributed by atoms with Crippen molar-refractivity contribution in [2.45, 2.75) is 45.1 Å². The Morgan fingerprint density at radius 2 is 2.04 bits per heavy atom. The third kappa shape index (κ3) is 4.08. The van der Waals surface area contributed by atoms with E-state index in [1.165, 1.54) is 38.5 Å². The molecule has 0 atom stereocenters. The number of aromatic nitrogens is 2. The summed E-state index contributed by atoms with van der Waals surface area (Å²) in [5.41, 5.74) is 2.20. The minimum Gasteiger partial charge on any atom is -0.356 e. The molecule has 0 spiro atoms. The Labute approximate surface area is 144 Å². The average molecular weight is 327 g/mol. The number of guanidine groups is 1. The van der Waals surface area contributed by atoms with E-state index < -0.39 is 0 Å². The van der Waals surface area contributed by atoms with Gasteiger partial charge >= 0.3 is 0 Å². The van der Waals surface area contributed by atoms with Crippen molar-refractivity contribution in [3.8, 4) is 0 Å². The molecule has 3 rings (SSSR count). The molecule has 0 unspecified atom stereocenters. The molecular weight excluding hydrogens is 298 g/mol. The lowest BCUT2D eigenvalue weighted by Crippen LogP contribution is -2.37. The Kier molecular flexibility index (Phi) is 5.72. The predicted octanol–water partition coefficient (Wildman–Crippen LogP) is 3.21. The van der Waals surface area contributed by atoms with E-state index in [1.54, 1.807) is 0 Å². The molecule has 0 amide bonds. The second-order valence-corrected chi connectivity index (χ2v) is 6.72. The van der Waals surface area contributed by atoms with Gasteiger partial charge in [0.05, 0.1) is 17.6 Å². The van der Waals surface area contributed by atoms with Gasteiger partial charge in [-0.2, -0.15) is 0 Å². The number of aliphatic imine (C=N–C) groups is 1. The van der Waals surface area contributed by atoms with Crippen molar-refractivity contribution in [2.75, 3.05) is 13.6 Å². The summed E-state index contributed by atoms with van der Waals surface area (Å²) in [7, 11) is 3.88. The van der Waals surface area contributed by atoms with E-state index in [0.29, 0.717) is 6.54 Å². The van der Waals surface area contributed by atoms with Gasteiger partial charge in [0.15, 0.2) is 5.96 Å². The maximum absolute atomic E-state index is 4.68. The van der Waals surface area contributed by atoms with Crippen molar-refractivity contribution >= 4 is 17.0 Å². The van der Waals surface area contributed by atoms with E-state index in [4.69, 9.17) is 0 Å². The van der Waals surface area contributed by atoms with Crippen LogP contribution in [-0.2, 0) is 13.6 Å². The molecule has 0 radical (unpaired) electrons. The monoisotopic (exact) mass is 327 g/mol. The second kappa shape index (κ2) is 8.18. The smallest absolute Gasteiger partial charge is 0.191 e. The highest BCUT2D eigenvalue weighted by Gasteiger charge is 2.14. The van der Waals surface area contributed by atoms with Gasteiger partial charge in [-0.15, -0.1) is 0 Å². The van der Waals surface area contributed by atoms with Crippen LogP contribution in [0, 0.1) is 5.92 Å². The highest BCUT2D eigenvalue weighted by atomic mass is 15.2. The van der Waals surface area contributed by atoms with Crippen LogP contribution in [0.25, 0.3) is 11.0 Å². The number of aryl methyl sites for hydroxylation is 1. The van der Waals surface area contributed by atoms with Gasteiger partial charge in [-0.1, -0.05) is 37.8 Å². The topological polar surface area (TPSA) is 54.2 Å². The first-order chi connectivity index (χ1) is 11.8. The zero-order valence-electron chi connectivity index (χ0n) is 14.9. The highest BCUT2D eigenvalue weighted by molar-refractivity contribution is 5.80. The van der Waals surface area contributed by atoms with Crippen molar-refractivity contribution in [3.05, 3.63) is 30.1 Å². The first kappa shape index (κ1) is 16.8. The number of rotatable bonds is 6. The minimum atomic E-state index is 0.674. The Bertz CT molecular complexity index is 682. The molecule has 0 aliphatic heterocycles. The molecule has 1 aliphatic carbocycles. The molecule has 1 heterocycles. The normalized spacial score (nSPS) is 16.0. The maximum atomic E-state index is 4.68. The highest BCUT2D eigenvalue weighted by Crippen LogP contribution is 2.28. The molecule has 1 aliphatic rings. The fraction of sp³-hybridized carbons (Fsp3) is 0.579. The molecule has 2 aromatic rings. The Morgan fingerprint density at radius 3 is 2.79 bits per heavy atom. The van der Waals surface area contributed by atoms with Crippen molar-refractivity contribution in [1.29, 1.82) is 0 Å². The predicted molar refractivity (Wildman–Crippen MR) is 100 cm³/mol. The largest absolute Gasteiger partial charge is 0.356 e. The first-order valence-electron chi connectivity index (χ1n) is 9.13. The van der Waals surface area contributed by atoms with Gasteiger partial charge in [0.1, 0.15) is 5.82 Å². The number of nitrogens with one attached hydrogen (secondary N) is 2. The number of hydrogen-bond acceptors (Lipinski definition) is 2. The van der Waals surface area contributed by atoms with Crippen molar-refractivity contribution < 1.29 is 0 Å². The molecule has 1 saturated carbocycles. The number of imidazole rings is 1. The SMILES string of the molecule is CN=C(NCCCC1CCCC1)NCc1nc2ccccc2n1C. The number of fused-ring (bicyclic) bond motifs is 1. The van der Waals surface area contributed by atoms with Gasteiger partial charge in [-0.05, 0) is 30.9 Å². The third-order valence-corrected chi connectivity index (χ3v) is 5.07. The van der Waals surface area contributed by atoms with E-state index in [0.717, 1.165) is 35.3 Å². The fourth-order valence-corrected chi connectivity index (χ4v) is 3.63. The Morgan fingerprint density at radius 1 is 1.25 bits per heavy atom. The molecule has 5 heteroatoms. The van der Waals surface area contributed by atoms with Gasteiger partial charge < -0.3 is 15.2 Å². The van der Waals surface area contributed by atoms with Crippen LogP contribution in [0.5, 0.6) is 0 Å². The van der Waals surface area contributed by atoms with E-state index in [2.05, 4.69) is 44.4 Å². The summed E-state index contributed by atoms with van der Waals surface area (Å²) in [4.78, 5) is 9.00. The Hall–Kier alpha value is -2.04. The van der Waals surface area contributed by atoms with Crippen molar-refractivity contribution in [2.24, 2.45) is 18.0 Å². The van der Waals surface area contributed by atoms with Gasteiger partial charge in [-0.25, -0.2) is 4.98 Å². The molecule has 0 bridgehead atoms. The van der Waals surface area contributed by atoms with Crippen LogP contribution in [0.3, 0.4) is 0 Å². The number of benzene rings is 1. The standard InChI is InChI=1S/C19H29N5/c1-20-19(21-13-7-10-15-8-3-4-9-15)22-14-18-23-16-11-5-6-12-17(16)24(18)2/h5-6,11-12,15H,3-4,7-10,13-14H2,1-2H3,(H2,20,21,22). The minimum absolute atomic E-state index is 0.674. The average Bonchev–Trinajstić information content (AvgIpc) is 3.23. The zero-order valence-corrected chi connectivity index (χ0v) is 14.9. The zero-order chi connectivity index (χ0) is 16.8. The third-order valence-electron chi connectivity index (χ3n) is 5.07. The van der Waals surface area contributed by atoms with Gasteiger partial charge in [0.25, 0.3) is 0 Å². The quantitative estimate of drug-likeness (QED) is 0.487. The maximum Gasteiger partial charge on any atom is 0.191 e. The van der Waals surface area contributed by atoms with Crippen molar-refractivity contribution in [1.82, 2.24) is 20.2 Å².